The Kier molecular flexibility index (Phi) is 4.32. The second-order valence-corrected chi connectivity index (χ2v) is 5.81. The summed E-state index contributed by atoms with van der Waals surface area (Å²) in [6.45, 7) is 2.34. The molecule has 0 radical (unpaired) electrons. The highest BCUT2D eigenvalue weighted by Crippen LogP contribution is 2.23. The van der Waals surface area contributed by atoms with Crippen LogP contribution >= 0.6 is 0 Å². The summed E-state index contributed by atoms with van der Waals surface area (Å²) in [5, 5.41) is 0. The monoisotopic (exact) mass is 350 g/mol. The molecule has 1 unspecified atom stereocenters. The van der Waals surface area contributed by atoms with E-state index < -0.39 is 0 Å². The SMILES string of the molecule is COc1nc(C2=NC(c3ccccn3)CON2)ccc1-n1cnc(C)c1. The van der Waals surface area contributed by atoms with E-state index in [-0.39, 0.29) is 6.04 Å². The number of nitrogens with zero attached hydrogens (tertiary/aromatic N) is 5. The van der Waals surface area contributed by atoms with Gasteiger partial charge in [0, 0.05) is 12.4 Å². The van der Waals surface area contributed by atoms with Crippen LogP contribution in [0.4, 0.5) is 0 Å². The lowest BCUT2D eigenvalue weighted by atomic mass is 10.2. The van der Waals surface area contributed by atoms with Gasteiger partial charge in [0.25, 0.3) is 0 Å². The molecule has 0 amide bonds. The fraction of sp³-hybridized carbons (Fsp3) is 0.222. The van der Waals surface area contributed by atoms with E-state index in [2.05, 4.69) is 25.4 Å². The number of imidazole rings is 1. The Labute approximate surface area is 150 Å². The first kappa shape index (κ1) is 16.2. The van der Waals surface area contributed by atoms with E-state index in [9.17, 15) is 0 Å². The maximum absolute atomic E-state index is 5.48. The molecule has 1 atom stereocenters. The number of ether oxygens (including phenoxy) is 1. The zero-order chi connectivity index (χ0) is 17.9. The number of methoxy groups -OCH3 is 1. The molecule has 0 saturated heterocycles. The molecule has 26 heavy (non-hydrogen) atoms. The Hall–Kier alpha value is -3.26. The highest BCUT2D eigenvalue weighted by molar-refractivity contribution is 5.97. The van der Waals surface area contributed by atoms with Crippen LogP contribution in [0.15, 0.2) is 54.0 Å². The maximum Gasteiger partial charge on any atom is 0.238 e. The fourth-order valence-electron chi connectivity index (χ4n) is 2.72. The summed E-state index contributed by atoms with van der Waals surface area (Å²) >= 11 is 0. The summed E-state index contributed by atoms with van der Waals surface area (Å²) in [5.41, 5.74) is 6.03. The first-order valence-electron chi connectivity index (χ1n) is 8.17. The zero-order valence-electron chi connectivity index (χ0n) is 14.5. The van der Waals surface area contributed by atoms with Crippen molar-refractivity contribution >= 4 is 5.84 Å². The molecular formula is C18H18N6O2. The number of pyridine rings is 2. The highest BCUT2D eigenvalue weighted by Gasteiger charge is 2.21. The lowest BCUT2D eigenvalue weighted by Gasteiger charge is -2.21. The summed E-state index contributed by atoms with van der Waals surface area (Å²) in [5.74, 6) is 1.02. The summed E-state index contributed by atoms with van der Waals surface area (Å²) in [6, 6.07) is 9.33. The van der Waals surface area contributed by atoms with E-state index >= 15 is 0 Å². The third-order valence-electron chi connectivity index (χ3n) is 3.99. The maximum atomic E-state index is 5.48. The van der Waals surface area contributed by atoms with Gasteiger partial charge in [-0.2, -0.15) is 0 Å². The Morgan fingerprint density at radius 3 is 2.88 bits per heavy atom. The van der Waals surface area contributed by atoms with Crippen LogP contribution in [0, 0.1) is 6.92 Å². The fourth-order valence-corrected chi connectivity index (χ4v) is 2.72. The summed E-state index contributed by atoms with van der Waals surface area (Å²) in [4.78, 5) is 23.3. The van der Waals surface area contributed by atoms with Crippen molar-refractivity contribution < 1.29 is 9.57 Å². The molecule has 0 fully saturated rings. The number of nitrogens with one attached hydrogen (secondary N) is 1. The Morgan fingerprint density at radius 1 is 1.23 bits per heavy atom. The van der Waals surface area contributed by atoms with E-state index in [1.54, 1.807) is 19.6 Å². The average molecular weight is 350 g/mol. The first-order valence-corrected chi connectivity index (χ1v) is 8.17. The zero-order valence-corrected chi connectivity index (χ0v) is 14.5. The first-order chi connectivity index (χ1) is 12.7. The van der Waals surface area contributed by atoms with E-state index in [4.69, 9.17) is 9.57 Å². The summed E-state index contributed by atoms with van der Waals surface area (Å²) in [6.07, 6.45) is 5.39. The minimum atomic E-state index is -0.184. The predicted octanol–water partition coefficient (Wildman–Crippen LogP) is 2.00. The average Bonchev–Trinajstić information content (AvgIpc) is 3.14. The molecular weight excluding hydrogens is 332 g/mol. The Morgan fingerprint density at radius 2 is 2.15 bits per heavy atom. The van der Waals surface area contributed by atoms with Crippen LogP contribution in [-0.4, -0.2) is 39.1 Å². The van der Waals surface area contributed by atoms with E-state index in [0.29, 0.717) is 24.0 Å². The minimum absolute atomic E-state index is 0.184. The van der Waals surface area contributed by atoms with Gasteiger partial charge in [-0.05, 0) is 31.2 Å². The number of aromatic nitrogens is 4. The van der Waals surface area contributed by atoms with Crippen molar-refractivity contribution in [2.45, 2.75) is 13.0 Å². The molecule has 4 rings (SSSR count). The largest absolute Gasteiger partial charge is 0.479 e. The van der Waals surface area contributed by atoms with Crippen molar-refractivity contribution in [1.82, 2.24) is 25.0 Å². The van der Waals surface area contributed by atoms with Gasteiger partial charge < -0.3 is 9.30 Å². The second-order valence-electron chi connectivity index (χ2n) is 5.81. The number of aliphatic imine (C=N–C) groups is 1. The predicted molar refractivity (Wildman–Crippen MR) is 95.3 cm³/mol. The number of amidine groups is 1. The number of rotatable bonds is 4. The number of hydrogen-bond acceptors (Lipinski definition) is 7. The van der Waals surface area contributed by atoms with Crippen molar-refractivity contribution in [2.75, 3.05) is 13.7 Å². The van der Waals surface area contributed by atoms with Gasteiger partial charge in [-0.1, -0.05) is 6.07 Å². The van der Waals surface area contributed by atoms with E-state index in [1.807, 2.05) is 48.0 Å². The molecule has 1 aliphatic rings. The molecule has 0 aliphatic carbocycles. The third kappa shape index (κ3) is 3.14. The molecule has 0 bridgehead atoms. The molecule has 8 nitrogen and oxygen atoms in total. The normalized spacial score (nSPS) is 16.7. The molecule has 1 aliphatic heterocycles. The van der Waals surface area contributed by atoms with Crippen LogP contribution in [-0.2, 0) is 4.84 Å². The van der Waals surface area contributed by atoms with Gasteiger partial charge >= 0.3 is 0 Å². The molecule has 0 saturated carbocycles. The van der Waals surface area contributed by atoms with Gasteiger partial charge in [0.15, 0.2) is 5.84 Å². The minimum Gasteiger partial charge on any atom is -0.479 e. The van der Waals surface area contributed by atoms with Gasteiger partial charge in [0.05, 0.1) is 24.8 Å². The molecule has 4 heterocycles. The van der Waals surface area contributed by atoms with Crippen molar-refractivity contribution in [3.63, 3.8) is 0 Å². The number of hydrogen-bond donors (Lipinski definition) is 1. The third-order valence-corrected chi connectivity index (χ3v) is 3.99. The summed E-state index contributed by atoms with van der Waals surface area (Å²) in [7, 11) is 1.59. The molecule has 3 aromatic heterocycles. The van der Waals surface area contributed by atoms with Crippen LogP contribution in [0.1, 0.15) is 23.1 Å². The van der Waals surface area contributed by atoms with Gasteiger partial charge in [0.2, 0.25) is 5.88 Å². The van der Waals surface area contributed by atoms with Crippen molar-refractivity contribution in [3.8, 4) is 11.6 Å². The lowest BCUT2D eigenvalue weighted by molar-refractivity contribution is 0.0612. The van der Waals surface area contributed by atoms with Gasteiger partial charge in [-0.25, -0.2) is 15.4 Å². The Balaban J connectivity index is 1.68. The second kappa shape index (κ2) is 6.93. The molecule has 0 spiro atoms. The van der Waals surface area contributed by atoms with Crippen molar-refractivity contribution in [2.24, 2.45) is 4.99 Å². The topological polar surface area (TPSA) is 86.5 Å². The molecule has 132 valence electrons. The van der Waals surface area contributed by atoms with Crippen molar-refractivity contribution in [3.05, 3.63) is 66.1 Å². The standard InChI is InChI=1S/C18H18N6O2/c1-12-9-24(11-20-12)16-7-6-14(22-18(16)25-2)17-21-15(10-26-23-17)13-5-3-4-8-19-13/h3-9,11,15H,10H2,1-2H3,(H,21,23). The van der Waals surface area contributed by atoms with E-state index in [1.165, 1.54) is 0 Å². The number of aryl methyl sites for hydroxylation is 1. The van der Waals surface area contributed by atoms with Crippen molar-refractivity contribution in [1.29, 1.82) is 0 Å². The molecule has 3 aromatic rings. The van der Waals surface area contributed by atoms with Gasteiger partial charge in [-0.3, -0.25) is 14.8 Å². The quantitative estimate of drug-likeness (QED) is 0.774. The lowest BCUT2D eigenvalue weighted by Crippen LogP contribution is -2.33. The van der Waals surface area contributed by atoms with Crippen LogP contribution in [0.25, 0.3) is 5.69 Å². The highest BCUT2D eigenvalue weighted by atomic mass is 16.6. The van der Waals surface area contributed by atoms with Crippen LogP contribution in [0.5, 0.6) is 5.88 Å². The molecule has 1 N–H and O–H groups in total. The smallest absolute Gasteiger partial charge is 0.238 e. The van der Waals surface area contributed by atoms with Crippen LogP contribution in [0.2, 0.25) is 0 Å². The summed E-state index contributed by atoms with van der Waals surface area (Å²) < 4.78 is 7.33. The van der Waals surface area contributed by atoms with Gasteiger partial charge in [0.1, 0.15) is 24.0 Å². The Bertz CT molecular complexity index is 938. The molecule has 0 aromatic carbocycles. The van der Waals surface area contributed by atoms with E-state index in [0.717, 1.165) is 17.1 Å². The van der Waals surface area contributed by atoms with Gasteiger partial charge in [-0.15, -0.1) is 0 Å². The number of hydroxylamine groups is 1. The molecule has 8 heteroatoms. The van der Waals surface area contributed by atoms with Crippen LogP contribution < -0.4 is 10.2 Å². The van der Waals surface area contributed by atoms with Crippen LogP contribution in [0.3, 0.4) is 0 Å².